The molecule has 132 valence electrons. The number of aryl methyl sites for hydroxylation is 1. The fourth-order valence-corrected chi connectivity index (χ4v) is 3.14. The van der Waals surface area contributed by atoms with Gasteiger partial charge < -0.3 is 14.6 Å². The van der Waals surface area contributed by atoms with Crippen LogP contribution in [0.25, 0.3) is 11.3 Å². The van der Waals surface area contributed by atoms with Gasteiger partial charge in [-0.15, -0.1) is 0 Å². The van der Waals surface area contributed by atoms with Crippen LogP contribution in [0.15, 0.2) is 34.9 Å². The number of likely N-dealkylation sites (tertiary alicyclic amines) is 1. The van der Waals surface area contributed by atoms with Gasteiger partial charge in [-0.2, -0.15) is 0 Å². The third-order valence-electron chi connectivity index (χ3n) is 4.49. The van der Waals surface area contributed by atoms with E-state index >= 15 is 0 Å². The van der Waals surface area contributed by atoms with Crippen molar-refractivity contribution in [3.05, 3.63) is 36.4 Å². The van der Waals surface area contributed by atoms with Gasteiger partial charge in [-0.3, -0.25) is 9.59 Å². The lowest BCUT2D eigenvalue weighted by atomic mass is 10.0. The third-order valence-corrected chi connectivity index (χ3v) is 4.49. The molecule has 25 heavy (non-hydrogen) atoms. The molecule has 2 amide bonds. The number of anilines is 1. The predicted molar refractivity (Wildman–Crippen MR) is 94.9 cm³/mol. The summed E-state index contributed by atoms with van der Waals surface area (Å²) in [5.74, 6) is 1.23. The molecule has 6 heteroatoms. The van der Waals surface area contributed by atoms with Gasteiger partial charge in [-0.25, -0.2) is 4.98 Å². The van der Waals surface area contributed by atoms with Crippen molar-refractivity contribution in [2.24, 2.45) is 0 Å². The molecule has 3 rings (SSSR count). The Morgan fingerprint density at radius 3 is 2.68 bits per heavy atom. The van der Waals surface area contributed by atoms with Gasteiger partial charge in [0, 0.05) is 31.1 Å². The van der Waals surface area contributed by atoms with Gasteiger partial charge in [0.05, 0.1) is 6.20 Å². The molecular weight excluding hydrogens is 318 g/mol. The second-order valence-electron chi connectivity index (χ2n) is 6.26. The Kier molecular flexibility index (Phi) is 5.16. The molecule has 1 fully saturated rings. The fourth-order valence-electron chi connectivity index (χ4n) is 3.14. The first-order chi connectivity index (χ1) is 12.1. The van der Waals surface area contributed by atoms with Gasteiger partial charge in [-0.05, 0) is 43.5 Å². The van der Waals surface area contributed by atoms with Crippen LogP contribution < -0.4 is 5.32 Å². The quantitative estimate of drug-likeness (QED) is 0.925. The lowest BCUT2D eigenvalue weighted by Gasteiger charge is -2.34. The normalized spacial score (nSPS) is 17.4. The SMILES string of the molecule is CCC(=O)N1CCCCC1C(=O)Nc1ccc(-c2cnc(C)o2)cc1. The Hall–Kier alpha value is -2.63. The molecule has 2 heterocycles. The molecule has 1 aliphatic heterocycles. The highest BCUT2D eigenvalue weighted by atomic mass is 16.4. The number of nitrogens with one attached hydrogen (secondary N) is 1. The summed E-state index contributed by atoms with van der Waals surface area (Å²) in [4.78, 5) is 30.5. The van der Waals surface area contributed by atoms with Gasteiger partial charge in [0.2, 0.25) is 11.8 Å². The van der Waals surface area contributed by atoms with Gasteiger partial charge in [0.15, 0.2) is 11.7 Å². The van der Waals surface area contributed by atoms with E-state index in [-0.39, 0.29) is 17.9 Å². The molecule has 1 unspecified atom stereocenters. The summed E-state index contributed by atoms with van der Waals surface area (Å²) < 4.78 is 5.50. The first-order valence-corrected chi connectivity index (χ1v) is 8.71. The van der Waals surface area contributed by atoms with E-state index in [1.807, 2.05) is 31.2 Å². The summed E-state index contributed by atoms with van der Waals surface area (Å²) >= 11 is 0. The Balaban J connectivity index is 1.68. The van der Waals surface area contributed by atoms with Gasteiger partial charge in [0.25, 0.3) is 0 Å². The number of oxazole rings is 1. The molecule has 1 aromatic heterocycles. The largest absolute Gasteiger partial charge is 0.441 e. The Morgan fingerprint density at radius 2 is 2.04 bits per heavy atom. The molecule has 0 spiro atoms. The fraction of sp³-hybridized carbons (Fsp3) is 0.421. The van der Waals surface area contributed by atoms with Crippen LogP contribution in [0.2, 0.25) is 0 Å². The first kappa shape index (κ1) is 17.2. The molecule has 0 radical (unpaired) electrons. The van der Waals surface area contributed by atoms with E-state index < -0.39 is 0 Å². The summed E-state index contributed by atoms with van der Waals surface area (Å²) in [5, 5.41) is 2.93. The highest BCUT2D eigenvalue weighted by molar-refractivity contribution is 5.97. The standard InChI is InChI=1S/C19H23N3O3/c1-3-18(23)22-11-5-4-6-16(22)19(24)21-15-9-7-14(8-10-15)17-12-20-13(2)25-17/h7-10,12,16H,3-6,11H2,1-2H3,(H,21,24). The summed E-state index contributed by atoms with van der Waals surface area (Å²) in [7, 11) is 0. The summed E-state index contributed by atoms with van der Waals surface area (Å²) in [6.45, 7) is 4.29. The molecule has 1 saturated heterocycles. The highest BCUT2D eigenvalue weighted by Gasteiger charge is 2.31. The van der Waals surface area contributed by atoms with E-state index in [4.69, 9.17) is 4.42 Å². The summed E-state index contributed by atoms with van der Waals surface area (Å²) in [5.41, 5.74) is 1.61. The molecule has 0 saturated carbocycles. The van der Waals surface area contributed by atoms with Crippen molar-refractivity contribution in [3.63, 3.8) is 0 Å². The lowest BCUT2D eigenvalue weighted by molar-refractivity contribution is -0.140. The molecular formula is C19H23N3O3. The number of nitrogens with zero attached hydrogens (tertiary/aromatic N) is 2. The Labute approximate surface area is 147 Å². The van der Waals surface area contributed by atoms with Crippen LogP contribution in [0.5, 0.6) is 0 Å². The maximum Gasteiger partial charge on any atom is 0.247 e. The van der Waals surface area contributed by atoms with Crippen molar-refractivity contribution in [2.45, 2.75) is 45.6 Å². The van der Waals surface area contributed by atoms with Crippen molar-refractivity contribution in [3.8, 4) is 11.3 Å². The second kappa shape index (κ2) is 7.51. The van der Waals surface area contributed by atoms with Crippen LogP contribution in [0, 0.1) is 6.92 Å². The smallest absolute Gasteiger partial charge is 0.247 e. The van der Waals surface area contributed by atoms with E-state index in [1.54, 1.807) is 18.0 Å². The monoisotopic (exact) mass is 341 g/mol. The number of benzene rings is 1. The molecule has 1 aromatic carbocycles. The molecule has 6 nitrogen and oxygen atoms in total. The average molecular weight is 341 g/mol. The predicted octanol–water partition coefficient (Wildman–Crippen LogP) is 3.38. The summed E-state index contributed by atoms with van der Waals surface area (Å²) in [6.07, 6.45) is 4.75. The van der Waals surface area contributed by atoms with Crippen LogP contribution in [-0.2, 0) is 9.59 Å². The zero-order valence-electron chi connectivity index (χ0n) is 14.6. The van der Waals surface area contributed by atoms with E-state index in [9.17, 15) is 9.59 Å². The number of carbonyl (C=O) groups excluding carboxylic acids is 2. The number of aromatic nitrogens is 1. The zero-order valence-corrected chi connectivity index (χ0v) is 14.6. The van der Waals surface area contributed by atoms with Crippen molar-refractivity contribution >= 4 is 17.5 Å². The van der Waals surface area contributed by atoms with Crippen LogP contribution in [-0.4, -0.2) is 34.3 Å². The zero-order chi connectivity index (χ0) is 17.8. The van der Waals surface area contributed by atoms with Crippen LogP contribution in [0.4, 0.5) is 5.69 Å². The molecule has 0 bridgehead atoms. The van der Waals surface area contributed by atoms with Crippen LogP contribution in [0.3, 0.4) is 0 Å². The van der Waals surface area contributed by atoms with Gasteiger partial charge >= 0.3 is 0 Å². The number of rotatable bonds is 4. The molecule has 1 N–H and O–H groups in total. The van der Waals surface area contributed by atoms with Gasteiger partial charge in [0.1, 0.15) is 6.04 Å². The minimum absolute atomic E-state index is 0.0379. The molecule has 1 atom stereocenters. The Morgan fingerprint density at radius 1 is 1.28 bits per heavy atom. The lowest BCUT2D eigenvalue weighted by Crippen LogP contribution is -2.49. The number of hydrogen-bond donors (Lipinski definition) is 1. The Bertz CT molecular complexity index is 752. The van der Waals surface area contributed by atoms with E-state index in [0.717, 1.165) is 18.4 Å². The minimum atomic E-state index is -0.377. The topological polar surface area (TPSA) is 75.4 Å². The maximum absolute atomic E-state index is 12.6. The number of hydrogen-bond acceptors (Lipinski definition) is 4. The van der Waals surface area contributed by atoms with E-state index in [2.05, 4.69) is 10.3 Å². The van der Waals surface area contributed by atoms with E-state index in [0.29, 0.717) is 36.7 Å². The van der Waals surface area contributed by atoms with Gasteiger partial charge in [-0.1, -0.05) is 6.92 Å². The molecule has 2 aromatic rings. The first-order valence-electron chi connectivity index (χ1n) is 8.71. The number of piperidine rings is 1. The number of carbonyl (C=O) groups is 2. The summed E-state index contributed by atoms with van der Waals surface area (Å²) in [6, 6.07) is 7.05. The van der Waals surface area contributed by atoms with Crippen LogP contribution in [0.1, 0.15) is 38.5 Å². The maximum atomic E-state index is 12.6. The van der Waals surface area contributed by atoms with Crippen molar-refractivity contribution in [2.75, 3.05) is 11.9 Å². The van der Waals surface area contributed by atoms with Crippen molar-refractivity contribution in [1.29, 1.82) is 0 Å². The average Bonchev–Trinajstić information content (AvgIpc) is 3.08. The molecule has 0 aliphatic carbocycles. The highest BCUT2D eigenvalue weighted by Crippen LogP contribution is 2.23. The second-order valence-corrected chi connectivity index (χ2v) is 6.26. The number of amides is 2. The van der Waals surface area contributed by atoms with Crippen molar-refractivity contribution in [1.82, 2.24) is 9.88 Å². The van der Waals surface area contributed by atoms with Crippen molar-refractivity contribution < 1.29 is 14.0 Å². The minimum Gasteiger partial charge on any atom is -0.441 e. The van der Waals surface area contributed by atoms with E-state index in [1.165, 1.54) is 0 Å². The van der Waals surface area contributed by atoms with Crippen LogP contribution >= 0.6 is 0 Å². The molecule has 1 aliphatic rings. The third kappa shape index (κ3) is 3.90.